The highest BCUT2D eigenvalue weighted by Crippen LogP contribution is 2.24. The molecule has 1 aromatic carbocycles. The van der Waals surface area contributed by atoms with Gasteiger partial charge in [0.2, 0.25) is 0 Å². The molecule has 0 spiro atoms. The minimum absolute atomic E-state index is 0.120. The van der Waals surface area contributed by atoms with Crippen molar-refractivity contribution in [2.45, 2.75) is 30.7 Å². The molecule has 2 atom stereocenters. The third-order valence-corrected chi connectivity index (χ3v) is 4.59. The monoisotopic (exact) mass is 278 g/mol. The maximum Gasteiger partial charge on any atom is 0.254 e. The number of carbonyl (C=O) groups excluding carboxylic acids is 1. The van der Waals surface area contributed by atoms with Crippen LogP contribution in [0.5, 0.6) is 0 Å². The van der Waals surface area contributed by atoms with Crippen LogP contribution in [0.3, 0.4) is 0 Å². The van der Waals surface area contributed by atoms with Crippen molar-refractivity contribution in [2.24, 2.45) is 11.7 Å². The summed E-state index contributed by atoms with van der Waals surface area (Å²) in [6.07, 6.45) is 4.13. The Kier molecular flexibility index (Phi) is 4.88. The molecule has 0 bridgehead atoms. The molecule has 0 radical (unpaired) electrons. The first-order valence-electron chi connectivity index (χ1n) is 6.80. The number of likely N-dealkylation sites (tertiary alicyclic amines) is 1. The first-order chi connectivity index (χ1) is 9.15. The van der Waals surface area contributed by atoms with Crippen LogP contribution in [0.4, 0.5) is 0 Å². The van der Waals surface area contributed by atoms with Gasteiger partial charge < -0.3 is 10.6 Å². The van der Waals surface area contributed by atoms with Crippen LogP contribution in [0.2, 0.25) is 0 Å². The van der Waals surface area contributed by atoms with Gasteiger partial charge in [0.15, 0.2) is 0 Å². The quantitative estimate of drug-likeness (QED) is 0.865. The summed E-state index contributed by atoms with van der Waals surface area (Å²) in [4.78, 5) is 15.7. The van der Waals surface area contributed by atoms with Gasteiger partial charge in [-0.15, -0.1) is 11.8 Å². The number of amides is 1. The topological polar surface area (TPSA) is 46.3 Å². The number of hydrogen-bond donors (Lipinski definition) is 1. The van der Waals surface area contributed by atoms with Gasteiger partial charge >= 0.3 is 0 Å². The Morgan fingerprint density at radius 2 is 2.11 bits per heavy atom. The van der Waals surface area contributed by atoms with Crippen molar-refractivity contribution >= 4 is 17.7 Å². The summed E-state index contributed by atoms with van der Waals surface area (Å²) < 4.78 is 0. The zero-order chi connectivity index (χ0) is 13.8. The van der Waals surface area contributed by atoms with Crippen molar-refractivity contribution in [2.75, 3.05) is 19.3 Å². The van der Waals surface area contributed by atoms with E-state index < -0.39 is 0 Å². The molecular formula is C15H22N2OS. The lowest BCUT2D eigenvalue weighted by molar-refractivity contribution is 0.0573. The summed E-state index contributed by atoms with van der Waals surface area (Å²) in [5, 5.41) is 0. The highest BCUT2D eigenvalue weighted by atomic mass is 32.2. The number of carbonyl (C=O) groups is 1. The number of thioether (sulfide) groups is 1. The number of hydrogen-bond acceptors (Lipinski definition) is 3. The second-order valence-corrected chi connectivity index (χ2v) is 6.13. The van der Waals surface area contributed by atoms with E-state index in [1.54, 1.807) is 11.8 Å². The van der Waals surface area contributed by atoms with Gasteiger partial charge in [-0.05, 0) is 49.3 Å². The molecular weight excluding hydrogens is 256 g/mol. The van der Waals surface area contributed by atoms with Crippen molar-refractivity contribution in [1.82, 2.24) is 4.90 Å². The molecule has 1 aliphatic heterocycles. The van der Waals surface area contributed by atoms with E-state index in [0.29, 0.717) is 12.5 Å². The molecule has 2 rings (SSSR count). The van der Waals surface area contributed by atoms with Gasteiger partial charge in [0.1, 0.15) is 0 Å². The Morgan fingerprint density at radius 1 is 1.42 bits per heavy atom. The van der Waals surface area contributed by atoms with Crippen molar-refractivity contribution in [3.8, 4) is 0 Å². The van der Waals surface area contributed by atoms with E-state index in [1.807, 2.05) is 35.4 Å². The van der Waals surface area contributed by atoms with E-state index in [1.165, 1.54) is 4.90 Å². The fourth-order valence-corrected chi connectivity index (χ4v) is 3.05. The van der Waals surface area contributed by atoms with E-state index in [9.17, 15) is 4.79 Å². The van der Waals surface area contributed by atoms with E-state index in [2.05, 4.69) is 6.92 Å². The van der Waals surface area contributed by atoms with Crippen LogP contribution in [-0.2, 0) is 0 Å². The lowest BCUT2D eigenvalue weighted by atomic mass is 9.92. The summed E-state index contributed by atoms with van der Waals surface area (Å²) in [7, 11) is 0. The Balaban J connectivity index is 2.13. The fraction of sp³-hybridized carbons (Fsp3) is 0.533. The Labute approximate surface area is 119 Å². The molecule has 1 fully saturated rings. The highest BCUT2D eigenvalue weighted by Gasteiger charge is 2.29. The second kappa shape index (κ2) is 6.44. The molecule has 104 valence electrons. The zero-order valence-corrected chi connectivity index (χ0v) is 12.5. The van der Waals surface area contributed by atoms with Crippen molar-refractivity contribution in [3.63, 3.8) is 0 Å². The van der Waals surface area contributed by atoms with Gasteiger partial charge in [0.25, 0.3) is 5.91 Å². The predicted octanol–water partition coefficient (Wildman–Crippen LogP) is 2.61. The smallest absolute Gasteiger partial charge is 0.254 e. The van der Waals surface area contributed by atoms with Gasteiger partial charge in [0, 0.05) is 29.6 Å². The first kappa shape index (κ1) is 14.4. The van der Waals surface area contributed by atoms with Crippen LogP contribution in [0.15, 0.2) is 29.2 Å². The first-order valence-corrected chi connectivity index (χ1v) is 8.03. The van der Waals surface area contributed by atoms with Crippen LogP contribution in [-0.4, -0.2) is 36.2 Å². The molecule has 19 heavy (non-hydrogen) atoms. The predicted molar refractivity (Wildman–Crippen MR) is 80.5 cm³/mol. The van der Waals surface area contributed by atoms with Crippen LogP contribution in [0.1, 0.15) is 30.1 Å². The molecule has 1 amide bonds. The van der Waals surface area contributed by atoms with Gasteiger partial charge in [-0.1, -0.05) is 6.92 Å². The summed E-state index contributed by atoms with van der Waals surface area (Å²) in [6, 6.07) is 8.03. The van der Waals surface area contributed by atoms with Crippen LogP contribution in [0.25, 0.3) is 0 Å². The van der Waals surface area contributed by atoms with Crippen LogP contribution in [0, 0.1) is 5.92 Å². The maximum atomic E-state index is 12.5. The third kappa shape index (κ3) is 3.31. The minimum atomic E-state index is 0.120. The second-order valence-electron chi connectivity index (χ2n) is 5.25. The lowest BCUT2D eigenvalue weighted by Gasteiger charge is -2.38. The average Bonchev–Trinajstić information content (AvgIpc) is 2.46. The number of nitrogens with zero attached hydrogens (tertiary/aromatic N) is 1. The largest absolute Gasteiger partial charge is 0.334 e. The summed E-state index contributed by atoms with van der Waals surface area (Å²) >= 11 is 1.69. The molecule has 1 saturated heterocycles. The van der Waals surface area contributed by atoms with E-state index in [4.69, 9.17) is 5.73 Å². The van der Waals surface area contributed by atoms with Crippen LogP contribution >= 0.6 is 11.8 Å². The number of piperidine rings is 1. The summed E-state index contributed by atoms with van der Waals surface area (Å²) in [5.41, 5.74) is 6.59. The Bertz CT molecular complexity index is 432. The SMILES string of the molecule is CSc1ccc(C(=O)N2CCC(C)CC2CN)cc1. The molecule has 1 heterocycles. The molecule has 0 aliphatic carbocycles. The summed E-state index contributed by atoms with van der Waals surface area (Å²) in [6.45, 7) is 3.61. The normalized spacial score (nSPS) is 23.4. The van der Waals surface area contributed by atoms with Gasteiger partial charge in [-0.25, -0.2) is 0 Å². The van der Waals surface area contributed by atoms with Crippen molar-refractivity contribution < 1.29 is 4.79 Å². The lowest BCUT2D eigenvalue weighted by Crippen LogP contribution is -2.49. The minimum Gasteiger partial charge on any atom is -0.334 e. The molecule has 3 nitrogen and oxygen atoms in total. The molecule has 0 saturated carbocycles. The molecule has 2 unspecified atom stereocenters. The summed E-state index contributed by atoms with van der Waals surface area (Å²) in [5.74, 6) is 0.784. The van der Waals surface area contributed by atoms with E-state index >= 15 is 0 Å². The van der Waals surface area contributed by atoms with Crippen molar-refractivity contribution in [1.29, 1.82) is 0 Å². The van der Waals surface area contributed by atoms with Gasteiger partial charge in [-0.2, -0.15) is 0 Å². The van der Waals surface area contributed by atoms with Crippen LogP contribution < -0.4 is 5.73 Å². The number of nitrogens with two attached hydrogens (primary N) is 1. The van der Waals surface area contributed by atoms with Gasteiger partial charge in [-0.3, -0.25) is 4.79 Å². The molecule has 4 heteroatoms. The maximum absolute atomic E-state index is 12.5. The average molecular weight is 278 g/mol. The molecule has 2 N–H and O–H groups in total. The standard InChI is InChI=1S/C15H22N2OS/c1-11-7-8-17(13(9-11)10-16)15(18)12-3-5-14(19-2)6-4-12/h3-6,11,13H,7-10,16H2,1-2H3. The Morgan fingerprint density at radius 3 is 2.68 bits per heavy atom. The third-order valence-electron chi connectivity index (χ3n) is 3.85. The number of rotatable bonds is 3. The Hall–Kier alpha value is -1.00. The zero-order valence-electron chi connectivity index (χ0n) is 11.6. The fourth-order valence-electron chi connectivity index (χ4n) is 2.64. The highest BCUT2D eigenvalue weighted by molar-refractivity contribution is 7.98. The molecule has 1 aliphatic rings. The molecule has 0 aromatic heterocycles. The molecule has 1 aromatic rings. The van der Waals surface area contributed by atoms with E-state index in [-0.39, 0.29) is 11.9 Å². The van der Waals surface area contributed by atoms with Crippen molar-refractivity contribution in [3.05, 3.63) is 29.8 Å². The van der Waals surface area contributed by atoms with Gasteiger partial charge in [0.05, 0.1) is 0 Å². The van der Waals surface area contributed by atoms with E-state index in [0.717, 1.165) is 24.9 Å². The number of benzene rings is 1.